The molecular weight excluding hydrogens is 590 g/mol. The third-order valence-electron chi connectivity index (χ3n) is 10.1. The number of ether oxygens (including phenoxy) is 2. The monoisotopic (exact) mass is 641 g/mol. The van der Waals surface area contributed by atoms with Crippen molar-refractivity contribution in [1.82, 2.24) is 24.5 Å². The number of aromatic nitrogens is 4. The van der Waals surface area contributed by atoms with E-state index in [2.05, 4.69) is 22.0 Å². The molecule has 12 nitrogen and oxygen atoms in total. The number of ketones is 1. The molecule has 4 rings (SSSR count). The minimum Gasteiger partial charge on any atom is -0.465 e. The van der Waals surface area contributed by atoms with Crippen LogP contribution >= 0.6 is 0 Å². The van der Waals surface area contributed by atoms with Gasteiger partial charge in [-0.05, 0) is 56.4 Å². The van der Waals surface area contributed by atoms with Gasteiger partial charge >= 0.3 is 11.9 Å². The number of carbonyl (C=O) groups excluding carboxylic acids is 3. The van der Waals surface area contributed by atoms with E-state index >= 15 is 0 Å². The fourth-order valence-corrected chi connectivity index (χ4v) is 6.86. The van der Waals surface area contributed by atoms with Crippen molar-refractivity contribution in [1.29, 1.82) is 0 Å². The summed E-state index contributed by atoms with van der Waals surface area (Å²) in [5.74, 6) is -2.08. The highest BCUT2D eigenvalue weighted by atomic mass is 16.5. The van der Waals surface area contributed by atoms with E-state index in [0.29, 0.717) is 25.3 Å². The number of cyclic esters (lactones) is 1. The summed E-state index contributed by atoms with van der Waals surface area (Å²) in [6.07, 6.45) is 7.02. The molecule has 0 bridgehead atoms. The second kappa shape index (κ2) is 14.6. The Bertz CT molecular complexity index is 1390. The highest BCUT2D eigenvalue weighted by Gasteiger charge is 2.58. The van der Waals surface area contributed by atoms with Gasteiger partial charge in [-0.1, -0.05) is 34.1 Å². The van der Waals surface area contributed by atoms with Crippen LogP contribution in [-0.4, -0.2) is 95.4 Å². The van der Waals surface area contributed by atoms with Crippen molar-refractivity contribution in [2.45, 2.75) is 117 Å². The molecule has 2 aliphatic rings. The Morgan fingerprint density at radius 1 is 1.15 bits per heavy atom. The lowest BCUT2D eigenvalue weighted by atomic mass is 9.73. The number of aliphatic hydroxyl groups excluding tert-OH is 2. The fourth-order valence-electron chi connectivity index (χ4n) is 6.86. The first-order chi connectivity index (χ1) is 21.6. The summed E-state index contributed by atoms with van der Waals surface area (Å²) in [5, 5.41) is 31.1. The second-order valence-electron chi connectivity index (χ2n) is 13.9. The van der Waals surface area contributed by atoms with Crippen LogP contribution in [0.3, 0.4) is 0 Å². The van der Waals surface area contributed by atoms with Crippen molar-refractivity contribution in [3.8, 4) is 0 Å². The molecule has 2 aromatic heterocycles. The minimum absolute atomic E-state index is 0.0385. The Labute approximate surface area is 271 Å². The van der Waals surface area contributed by atoms with Crippen LogP contribution in [0.15, 0.2) is 36.3 Å². The van der Waals surface area contributed by atoms with Gasteiger partial charge in [-0.15, -0.1) is 0 Å². The van der Waals surface area contributed by atoms with Gasteiger partial charge in [-0.3, -0.25) is 28.6 Å². The number of aliphatic hydroxyl groups is 2. The molecule has 1 unspecified atom stereocenters. The molecule has 0 saturated carbocycles. The summed E-state index contributed by atoms with van der Waals surface area (Å²) in [5.41, 5.74) is -0.00333. The molecular formula is C34H51N5O7. The normalized spacial score (nSPS) is 32.8. The quantitative estimate of drug-likeness (QED) is 0.340. The molecule has 12 heteroatoms. The molecule has 46 heavy (non-hydrogen) atoms. The largest absolute Gasteiger partial charge is 0.465 e. The predicted molar refractivity (Wildman–Crippen MR) is 171 cm³/mol. The molecule has 0 radical (unpaired) electrons. The van der Waals surface area contributed by atoms with E-state index < -0.39 is 35.6 Å². The van der Waals surface area contributed by atoms with Crippen LogP contribution in [-0.2, 0) is 30.5 Å². The Morgan fingerprint density at radius 3 is 2.57 bits per heavy atom. The lowest BCUT2D eigenvalue weighted by Crippen LogP contribution is -2.45. The van der Waals surface area contributed by atoms with Crippen LogP contribution in [0, 0.1) is 17.3 Å². The van der Waals surface area contributed by atoms with Crippen LogP contribution in [0.2, 0.25) is 0 Å². The first kappa shape index (κ1) is 35.5. The first-order valence-electron chi connectivity index (χ1n) is 16.3. The summed E-state index contributed by atoms with van der Waals surface area (Å²) in [6.45, 7) is 13.6. The van der Waals surface area contributed by atoms with E-state index in [-0.39, 0.29) is 42.3 Å². The zero-order valence-corrected chi connectivity index (χ0v) is 28.3. The Hall–Kier alpha value is -3.35. The van der Waals surface area contributed by atoms with Crippen LogP contribution in [0.25, 0.3) is 6.08 Å². The predicted octanol–water partition coefficient (Wildman–Crippen LogP) is 3.46. The summed E-state index contributed by atoms with van der Waals surface area (Å²) in [4.78, 5) is 40.6. The summed E-state index contributed by atoms with van der Waals surface area (Å²) < 4.78 is 14.9. The van der Waals surface area contributed by atoms with Gasteiger partial charge in [0.05, 0.1) is 29.7 Å². The average molecular weight is 642 g/mol. The highest BCUT2D eigenvalue weighted by Crippen LogP contribution is 2.48. The summed E-state index contributed by atoms with van der Waals surface area (Å²) in [7, 11) is 0. The van der Waals surface area contributed by atoms with Crippen LogP contribution < -0.4 is 0 Å². The number of carbonyl (C=O) groups is 3. The van der Waals surface area contributed by atoms with Crippen molar-refractivity contribution < 1.29 is 34.1 Å². The van der Waals surface area contributed by atoms with Gasteiger partial charge in [0.2, 0.25) is 0 Å². The number of nitrogens with zero attached hydrogens (tertiary/aromatic N) is 5. The van der Waals surface area contributed by atoms with Crippen molar-refractivity contribution in [2.24, 2.45) is 17.3 Å². The van der Waals surface area contributed by atoms with E-state index in [0.717, 1.165) is 24.8 Å². The Morgan fingerprint density at radius 2 is 1.89 bits per heavy atom. The number of esters is 2. The maximum atomic E-state index is 13.5. The maximum Gasteiger partial charge on any atom is 0.309 e. The lowest BCUT2D eigenvalue weighted by Gasteiger charge is -2.34. The van der Waals surface area contributed by atoms with Gasteiger partial charge in [-0.25, -0.2) is 0 Å². The molecule has 0 amide bonds. The van der Waals surface area contributed by atoms with Crippen molar-refractivity contribution in [3.63, 3.8) is 0 Å². The molecule has 2 saturated heterocycles. The standard InChI is InChI=1S/C34H51N5O7/c1-22-10-8-12-34(7)28(39(34)16-17-45-25(4)40)19-27(23(2)18-26-11-15-38(36-26)21-37-14-9-13-35-37)46-30(42)20-29(41)33(5,6)32(44)24(3)31(22)43/h9,11,13-15,18,22,24,27-29,31,41,43H,8,10,12,16-17,19-21H2,1-7H3/b23-18+/t22-,24+,27-,28-,29-,31-,34+,39?/m0/s1. The number of rotatable bonds is 7. The molecule has 8 atom stereocenters. The van der Waals surface area contributed by atoms with Crippen LogP contribution in [0.5, 0.6) is 0 Å². The van der Waals surface area contributed by atoms with E-state index in [1.807, 2.05) is 44.4 Å². The number of Topliss-reactive ketones (excluding diaryl/α,β-unsaturated/α-hetero) is 1. The fraction of sp³-hybridized carbons (Fsp3) is 0.676. The number of fused-ring (bicyclic) bond motifs is 1. The van der Waals surface area contributed by atoms with Crippen molar-refractivity contribution in [2.75, 3.05) is 13.2 Å². The second-order valence-corrected chi connectivity index (χ2v) is 13.9. The van der Waals surface area contributed by atoms with Gasteiger partial charge in [0.1, 0.15) is 25.2 Å². The van der Waals surface area contributed by atoms with Gasteiger partial charge in [0.25, 0.3) is 0 Å². The SMILES string of the molecule is CC(=O)OCCN1[C@H]2C[C@@H](/C(C)=C/c3ccn(Cn4cccn4)n3)OC(=O)C[C@H](O)C(C)(C)C(=O)[C@H](C)[C@@H](O)[C@@H](C)CCC[C@]21C. The first-order valence-corrected chi connectivity index (χ1v) is 16.3. The molecule has 0 aliphatic carbocycles. The zero-order valence-electron chi connectivity index (χ0n) is 28.3. The summed E-state index contributed by atoms with van der Waals surface area (Å²) in [6, 6.07) is 3.77. The third-order valence-corrected chi connectivity index (χ3v) is 10.1. The van der Waals surface area contributed by atoms with Crippen LogP contribution in [0.1, 0.15) is 86.3 Å². The molecule has 2 aromatic rings. The van der Waals surface area contributed by atoms with Gasteiger partial charge in [0, 0.05) is 56.0 Å². The lowest BCUT2D eigenvalue weighted by molar-refractivity contribution is -0.154. The molecule has 2 N–H and O–H groups in total. The van der Waals surface area contributed by atoms with Gasteiger partial charge < -0.3 is 19.7 Å². The molecule has 4 heterocycles. The molecule has 254 valence electrons. The number of hydrogen-bond donors (Lipinski definition) is 2. The van der Waals surface area contributed by atoms with Gasteiger partial charge in [-0.2, -0.15) is 10.2 Å². The van der Waals surface area contributed by atoms with E-state index in [1.54, 1.807) is 36.3 Å². The maximum absolute atomic E-state index is 13.5. The molecule has 2 aliphatic heterocycles. The average Bonchev–Trinajstić information content (AvgIpc) is 3.41. The van der Waals surface area contributed by atoms with E-state index in [9.17, 15) is 24.6 Å². The smallest absolute Gasteiger partial charge is 0.309 e. The highest BCUT2D eigenvalue weighted by molar-refractivity contribution is 5.88. The summed E-state index contributed by atoms with van der Waals surface area (Å²) >= 11 is 0. The topological polar surface area (TPSA) is 149 Å². The third kappa shape index (κ3) is 8.32. The Kier molecular flexibility index (Phi) is 11.3. The minimum atomic E-state index is -1.29. The molecule has 0 aromatic carbocycles. The van der Waals surface area contributed by atoms with E-state index in [4.69, 9.17) is 9.47 Å². The zero-order chi connectivity index (χ0) is 33.8. The Balaban J connectivity index is 1.61. The molecule has 0 spiro atoms. The van der Waals surface area contributed by atoms with Crippen molar-refractivity contribution in [3.05, 3.63) is 42.0 Å². The van der Waals surface area contributed by atoms with Crippen LogP contribution in [0.4, 0.5) is 0 Å². The van der Waals surface area contributed by atoms with E-state index in [1.165, 1.54) is 6.92 Å². The van der Waals surface area contributed by atoms with Gasteiger partial charge in [0.15, 0.2) is 0 Å². The molecule has 2 fully saturated rings. The van der Waals surface area contributed by atoms with Crippen molar-refractivity contribution >= 4 is 23.8 Å². The number of hydrogen-bond acceptors (Lipinski definition) is 10.